The molecule has 0 unspecified atom stereocenters. The number of esters is 1. The quantitative estimate of drug-likeness (QED) is 0.490. The van der Waals surface area contributed by atoms with Crippen LogP contribution in [0.2, 0.25) is 0 Å². The maximum absolute atomic E-state index is 12.3. The number of ether oxygens (including phenoxy) is 1. The molecule has 9 nitrogen and oxygen atoms in total. The molecule has 4 aromatic rings. The van der Waals surface area contributed by atoms with Crippen molar-refractivity contribution in [2.45, 2.75) is 19.7 Å². The van der Waals surface area contributed by atoms with Crippen molar-refractivity contribution in [2.75, 3.05) is 0 Å². The first-order valence-electron chi connectivity index (χ1n) is 8.20. The lowest BCUT2D eigenvalue weighted by atomic mass is 10.2. The molecular weight excluding hydrogens is 352 g/mol. The van der Waals surface area contributed by atoms with Crippen molar-refractivity contribution >= 4 is 28.0 Å². The second kappa shape index (κ2) is 6.87. The Morgan fingerprint density at radius 1 is 1.07 bits per heavy atom. The minimum Gasteiger partial charge on any atom is -0.442 e. The summed E-state index contributed by atoms with van der Waals surface area (Å²) in [6.45, 7) is -0.247. The summed E-state index contributed by atoms with van der Waals surface area (Å²) in [5.74, 6) is -1.12. The van der Waals surface area contributed by atoms with E-state index < -0.39 is 17.3 Å². The van der Waals surface area contributed by atoms with Gasteiger partial charge in [0.1, 0.15) is 5.52 Å². The number of fused-ring (bicyclic) bond motifs is 2. The molecular formula is C18H14N4O5. The Bertz CT molecular complexity index is 1250. The predicted molar refractivity (Wildman–Crippen MR) is 95.0 cm³/mol. The lowest BCUT2D eigenvalue weighted by Crippen LogP contribution is -2.27. The fraction of sp³-hybridized carbons (Fsp3) is 0.167. The van der Waals surface area contributed by atoms with Crippen molar-refractivity contribution in [2.24, 2.45) is 0 Å². The molecule has 0 aliphatic carbocycles. The van der Waals surface area contributed by atoms with E-state index in [1.165, 1.54) is 4.57 Å². The Balaban J connectivity index is 1.43. The van der Waals surface area contributed by atoms with Crippen LogP contribution in [0.5, 0.6) is 0 Å². The van der Waals surface area contributed by atoms with Crippen LogP contribution in [0.4, 0.5) is 0 Å². The zero-order valence-electron chi connectivity index (χ0n) is 14.1. The number of carbonyl (C=O) groups is 1. The predicted octanol–water partition coefficient (Wildman–Crippen LogP) is 1.29. The van der Waals surface area contributed by atoms with Crippen LogP contribution in [0, 0.1) is 0 Å². The van der Waals surface area contributed by atoms with Crippen molar-refractivity contribution in [1.82, 2.24) is 19.6 Å². The first-order valence-corrected chi connectivity index (χ1v) is 8.20. The fourth-order valence-corrected chi connectivity index (χ4v) is 2.74. The Kier molecular flexibility index (Phi) is 4.25. The van der Waals surface area contributed by atoms with Crippen LogP contribution in [0.25, 0.3) is 22.0 Å². The van der Waals surface area contributed by atoms with E-state index >= 15 is 0 Å². The summed E-state index contributed by atoms with van der Waals surface area (Å²) in [7, 11) is 0. The van der Waals surface area contributed by atoms with Crippen molar-refractivity contribution in [3.63, 3.8) is 0 Å². The van der Waals surface area contributed by atoms with Gasteiger partial charge in [-0.2, -0.15) is 4.68 Å². The number of hydrogen-bond acceptors (Lipinski definition) is 7. The van der Waals surface area contributed by atoms with E-state index in [2.05, 4.69) is 10.3 Å². The fourth-order valence-electron chi connectivity index (χ4n) is 2.74. The number of carbonyl (C=O) groups excluding carboxylic acids is 1. The van der Waals surface area contributed by atoms with E-state index in [4.69, 9.17) is 9.15 Å². The number of oxazole rings is 1. The van der Waals surface area contributed by atoms with E-state index in [0.29, 0.717) is 22.0 Å². The van der Waals surface area contributed by atoms with Gasteiger partial charge in [0.05, 0.1) is 17.3 Å². The Hall–Kier alpha value is -3.75. The zero-order valence-corrected chi connectivity index (χ0v) is 14.1. The number of aromatic nitrogens is 4. The monoisotopic (exact) mass is 366 g/mol. The van der Waals surface area contributed by atoms with E-state index in [1.54, 1.807) is 48.5 Å². The van der Waals surface area contributed by atoms with E-state index in [-0.39, 0.29) is 19.7 Å². The molecule has 0 aliphatic heterocycles. The topological polar surface area (TPSA) is 109 Å². The molecule has 0 N–H and O–H groups in total. The third-order valence-electron chi connectivity index (χ3n) is 4.09. The van der Waals surface area contributed by atoms with Crippen molar-refractivity contribution in [1.29, 1.82) is 0 Å². The molecule has 0 saturated heterocycles. The maximum atomic E-state index is 12.3. The number of nitrogens with zero attached hydrogens (tertiary/aromatic N) is 4. The van der Waals surface area contributed by atoms with Gasteiger partial charge in [0.15, 0.2) is 12.3 Å². The first kappa shape index (κ1) is 16.7. The van der Waals surface area contributed by atoms with Crippen molar-refractivity contribution < 1.29 is 13.9 Å². The molecule has 0 bridgehead atoms. The summed E-state index contributed by atoms with van der Waals surface area (Å²) in [6, 6.07) is 13.7. The van der Waals surface area contributed by atoms with Crippen LogP contribution in [-0.4, -0.2) is 25.5 Å². The van der Waals surface area contributed by atoms with E-state index in [0.717, 1.165) is 4.68 Å². The van der Waals surface area contributed by atoms with Gasteiger partial charge in [-0.1, -0.05) is 29.5 Å². The molecule has 0 amide bonds. The minimum absolute atomic E-state index is 0.0564. The molecule has 9 heteroatoms. The van der Waals surface area contributed by atoms with Crippen LogP contribution in [0.3, 0.4) is 0 Å². The molecule has 2 aromatic heterocycles. The molecule has 4 rings (SSSR count). The second-order valence-electron chi connectivity index (χ2n) is 5.79. The lowest BCUT2D eigenvalue weighted by Gasteiger charge is -2.07. The SMILES string of the molecule is O=C(CCn1c(=O)oc2ccccc21)OCn1nnc2ccccc2c1=O. The molecule has 0 saturated carbocycles. The van der Waals surface area contributed by atoms with Crippen molar-refractivity contribution in [3.05, 3.63) is 69.4 Å². The third-order valence-corrected chi connectivity index (χ3v) is 4.09. The maximum Gasteiger partial charge on any atom is 0.419 e. The Morgan fingerprint density at radius 3 is 2.74 bits per heavy atom. The molecule has 0 atom stereocenters. The Labute approximate surface area is 151 Å². The normalized spacial score (nSPS) is 11.1. The molecule has 0 fully saturated rings. The summed E-state index contributed by atoms with van der Waals surface area (Å²) < 4.78 is 12.5. The van der Waals surface area contributed by atoms with E-state index in [1.807, 2.05) is 0 Å². The summed E-state index contributed by atoms with van der Waals surface area (Å²) in [6.07, 6.45) is -0.0564. The number of para-hydroxylation sites is 2. The van der Waals surface area contributed by atoms with E-state index in [9.17, 15) is 14.4 Å². The largest absolute Gasteiger partial charge is 0.442 e. The van der Waals surface area contributed by atoms with Gasteiger partial charge in [-0.3, -0.25) is 14.2 Å². The molecule has 0 radical (unpaired) electrons. The van der Waals surface area contributed by atoms with Gasteiger partial charge in [0, 0.05) is 6.54 Å². The summed E-state index contributed by atoms with van der Waals surface area (Å²) >= 11 is 0. The summed E-state index contributed by atoms with van der Waals surface area (Å²) in [4.78, 5) is 36.2. The highest BCUT2D eigenvalue weighted by Crippen LogP contribution is 2.12. The van der Waals surface area contributed by atoms with Crippen LogP contribution < -0.4 is 11.3 Å². The van der Waals surface area contributed by atoms with Crippen LogP contribution >= 0.6 is 0 Å². The number of aryl methyl sites for hydroxylation is 1. The van der Waals surface area contributed by atoms with Crippen LogP contribution in [-0.2, 0) is 22.8 Å². The number of hydrogen-bond donors (Lipinski definition) is 0. The van der Waals surface area contributed by atoms with Gasteiger partial charge in [-0.15, -0.1) is 5.10 Å². The lowest BCUT2D eigenvalue weighted by molar-refractivity contribution is -0.148. The molecule has 2 aromatic carbocycles. The average molecular weight is 366 g/mol. The van der Waals surface area contributed by atoms with Gasteiger partial charge < -0.3 is 9.15 Å². The molecule has 0 spiro atoms. The van der Waals surface area contributed by atoms with Crippen LogP contribution in [0.1, 0.15) is 6.42 Å². The highest BCUT2D eigenvalue weighted by atomic mass is 16.5. The molecule has 27 heavy (non-hydrogen) atoms. The van der Waals surface area contributed by atoms with Crippen molar-refractivity contribution in [3.8, 4) is 0 Å². The highest BCUT2D eigenvalue weighted by molar-refractivity contribution is 5.76. The van der Waals surface area contributed by atoms with Gasteiger partial charge in [0.2, 0.25) is 0 Å². The van der Waals surface area contributed by atoms with Gasteiger partial charge >= 0.3 is 11.7 Å². The molecule has 2 heterocycles. The second-order valence-corrected chi connectivity index (χ2v) is 5.79. The average Bonchev–Trinajstić information content (AvgIpc) is 3.01. The highest BCUT2D eigenvalue weighted by Gasteiger charge is 2.12. The van der Waals surface area contributed by atoms with Gasteiger partial charge in [0.25, 0.3) is 5.56 Å². The zero-order chi connectivity index (χ0) is 18.8. The Morgan fingerprint density at radius 2 is 1.85 bits per heavy atom. The molecule has 0 aliphatic rings. The standard InChI is InChI=1S/C18H14N4O5/c23-16(9-10-21-14-7-3-4-8-15(14)27-18(21)25)26-11-22-17(24)12-5-1-2-6-13(12)19-20-22/h1-8H,9-11H2. The number of rotatable bonds is 5. The van der Waals surface area contributed by atoms with Crippen LogP contribution in [0.15, 0.2) is 62.5 Å². The molecule has 136 valence electrons. The summed E-state index contributed by atoms with van der Waals surface area (Å²) in [5, 5.41) is 8.06. The first-order chi connectivity index (χ1) is 13.1. The number of benzene rings is 2. The third kappa shape index (κ3) is 3.22. The minimum atomic E-state index is -0.575. The van der Waals surface area contributed by atoms with Gasteiger partial charge in [-0.05, 0) is 24.3 Å². The van der Waals surface area contributed by atoms with Gasteiger partial charge in [-0.25, -0.2) is 4.79 Å². The summed E-state index contributed by atoms with van der Waals surface area (Å²) in [5.41, 5.74) is 1.13. The smallest absolute Gasteiger partial charge is 0.419 e.